The number of nitrogens with zero attached hydrogens (tertiary/aromatic N) is 2. The Kier molecular flexibility index (Phi) is 5.48. The minimum absolute atomic E-state index is 0.180. The molecule has 1 aliphatic rings. The van der Waals surface area contributed by atoms with E-state index in [2.05, 4.69) is 54.9 Å². The normalized spacial score (nSPS) is 21.5. The lowest BCUT2D eigenvalue weighted by molar-refractivity contribution is 0.199. The van der Waals surface area contributed by atoms with Crippen LogP contribution in [0.4, 0.5) is 5.69 Å². The van der Waals surface area contributed by atoms with Gasteiger partial charge in [0, 0.05) is 49.0 Å². The fourth-order valence-electron chi connectivity index (χ4n) is 3.21. The summed E-state index contributed by atoms with van der Waals surface area (Å²) in [7, 11) is 0. The summed E-state index contributed by atoms with van der Waals surface area (Å²) in [6.45, 7) is 13.8. The summed E-state index contributed by atoms with van der Waals surface area (Å²) >= 11 is 0. The van der Waals surface area contributed by atoms with E-state index in [1.54, 1.807) is 0 Å². The molecular formula is C17H29N3O. The molecule has 4 heteroatoms. The van der Waals surface area contributed by atoms with Gasteiger partial charge in [-0.15, -0.1) is 0 Å². The third-order valence-electron chi connectivity index (χ3n) is 4.53. The van der Waals surface area contributed by atoms with Crippen molar-refractivity contribution in [2.45, 2.75) is 39.8 Å². The molecule has 0 aromatic heterocycles. The van der Waals surface area contributed by atoms with Crippen LogP contribution in [0.3, 0.4) is 0 Å². The first kappa shape index (κ1) is 16.1. The van der Waals surface area contributed by atoms with Crippen LogP contribution in [-0.2, 0) is 0 Å². The van der Waals surface area contributed by atoms with Crippen LogP contribution in [0.2, 0.25) is 0 Å². The highest BCUT2D eigenvalue weighted by Crippen LogP contribution is 2.30. The number of nitrogens with one attached hydrogen (secondary N) is 1. The fourth-order valence-corrected chi connectivity index (χ4v) is 3.21. The lowest BCUT2D eigenvalue weighted by Crippen LogP contribution is -2.51. The van der Waals surface area contributed by atoms with Gasteiger partial charge in [-0.25, -0.2) is 0 Å². The van der Waals surface area contributed by atoms with E-state index in [1.807, 2.05) is 6.07 Å². The van der Waals surface area contributed by atoms with E-state index in [0.29, 0.717) is 11.8 Å². The van der Waals surface area contributed by atoms with Gasteiger partial charge in [-0.1, -0.05) is 19.9 Å². The second-order valence-corrected chi connectivity index (χ2v) is 5.95. The molecule has 1 aromatic rings. The first-order valence-corrected chi connectivity index (χ1v) is 8.12. The average molecular weight is 291 g/mol. The highest BCUT2D eigenvalue weighted by Gasteiger charge is 2.23. The van der Waals surface area contributed by atoms with E-state index in [4.69, 9.17) is 0 Å². The summed E-state index contributed by atoms with van der Waals surface area (Å²) in [5, 5.41) is 13.6. The van der Waals surface area contributed by atoms with Crippen molar-refractivity contribution in [2.24, 2.45) is 0 Å². The van der Waals surface area contributed by atoms with Gasteiger partial charge >= 0.3 is 0 Å². The van der Waals surface area contributed by atoms with Gasteiger partial charge in [0.05, 0.1) is 0 Å². The summed E-state index contributed by atoms with van der Waals surface area (Å²) in [4.78, 5) is 4.87. The number of anilines is 1. The van der Waals surface area contributed by atoms with Crippen molar-refractivity contribution in [3.05, 3.63) is 23.8 Å². The van der Waals surface area contributed by atoms with E-state index >= 15 is 0 Å². The predicted molar refractivity (Wildman–Crippen MR) is 89.1 cm³/mol. The monoisotopic (exact) mass is 291 g/mol. The second kappa shape index (κ2) is 7.14. The summed E-state index contributed by atoms with van der Waals surface area (Å²) in [6.07, 6.45) is 0. The first-order valence-electron chi connectivity index (χ1n) is 8.12. The van der Waals surface area contributed by atoms with Gasteiger partial charge < -0.3 is 15.3 Å². The molecule has 0 amide bonds. The zero-order valence-corrected chi connectivity index (χ0v) is 13.8. The third kappa shape index (κ3) is 3.69. The minimum Gasteiger partial charge on any atom is -0.508 e. The van der Waals surface area contributed by atoms with Crippen LogP contribution in [0.1, 0.15) is 39.3 Å². The van der Waals surface area contributed by atoms with Crippen LogP contribution in [0, 0.1) is 0 Å². The number of hydrogen-bond donors (Lipinski definition) is 2. The Bertz CT molecular complexity index is 463. The molecule has 0 spiro atoms. The lowest BCUT2D eigenvalue weighted by atomic mass is 10.1. The number of benzene rings is 1. The number of hydrogen-bond acceptors (Lipinski definition) is 4. The standard InChI is InChI=1S/C17H29N3O/c1-5-18-14(4)16-8-7-15(11-17(16)21)20-10-9-19(6-2)13(3)12-20/h7-8,11,13-14,18,21H,5-6,9-10,12H2,1-4H3. The van der Waals surface area contributed by atoms with Crippen molar-refractivity contribution in [1.29, 1.82) is 0 Å². The van der Waals surface area contributed by atoms with Gasteiger partial charge in [0.1, 0.15) is 5.75 Å². The Morgan fingerprint density at radius 3 is 2.67 bits per heavy atom. The topological polar surface area (TPSA) is 38.7 Å². The van der Waals surface area contributed by atoms with Gasteiger partial charge in [0.15, 0.2) is 0 Å². The summed E-state index contributed by atoms with van der Waals surface area (Å²) in [6, 6.07) is 6.84. The highest BCUT2D eigenvalue weighted by atomic mass is 16.3. The van der Waals surface area contributed by atoms with E-state index in [0.717, 1.165) is 44.0 Å². The van der Waals surface area contributed by atoms with E-state index in [1.165, 1.54) is 0 Å². The zero-order valence-electron chi connectivity index (χ0n) is 13.8. The van der Waals surface area contributed by atoms with Crippen molar-refractivity contribution in [3.8, 4) is 5.75 Å². The van der Waals surface area contributed by atoms with Crippen LogP contribution in [0.15, 0.2) is 18.2 Å². The van der Waals surface area contributed by atoms with Crippen molar-refractivity contribution < 1.29 is 5.11 Å². The Hall–Kier alpha value is -1.26. The van der Waals surface area contributed by atoms with Crippen LogP contribution in [0.25, 0.3) is 0 Å². The average Bonchev–Trinajstić information content (AvgIpc) is 2.47. The SMILES string of the molecule is CCNC(C)c1ccc(N2CCN(CC)C(C)C2)cc1O. The molecule has 0 bridgehead atoms. The minimum atomic E-state index is 0.180. The Labute approximate surface area is 128 Å². The van der Waals surface area contributed by atoms with Crippen LogP contribution < -0.4 is 10.2 Å². The van der Waals surface area contributed by atoms with Crippen molar-refractivity contribution in [3.63, 3.8) is 0 Å². The van der Waals surface area contributed by atoms with Crippen LogP contribution in [0.5, 0.6) is 5.75 Å². The molecule has 1 aromatic carbocycles. The van der Waals surface area contributed by atoms with E-state index < -0.39 is 0 Å². The predicted octanol–water partition coefficient (Wildman–Crippen LogP) is 2.59. The van der Waals surface area contributed by atoms with Crippen molar-refractivity contribution >= 4 is 5.69 Å². The molecule has 1 saturated heterocycles. The largest absolute Gasteiger partial charge is 0.508 e. The molecule has 2 N–H and O–H groups in total. The molecule has 0 saturated carbocycles. The number of likely N-dealkylation sites (N-methyl/N-ethyl adjacent to an activating group) is 1. The number of aromatic hydroxyl groups is 1. The highest BCUT2D eigenvalue weighted by molar-refractivity contribution is 5.54. The van der Waals surface area contributed by atoms with E-state index in [-0.39, 0.29) is 6.04 Å². The number of phenols is 1. The molecule has 118 valence electrons. The molecule has 2 rings (SSSR count). The van der Waals surface area contributed by atoms with Gasteiger partial charge in [-0.3, -0.25) is 4.90 Å². The quantitative estimate of drug-likeness (QED) is 0.874. The Balaban J connectivity index is 2.10. The lowest BCUT2D eigenvalue weighted by Gasteiger charge is -2.40. The third-order valence-corrected chi connectivity index (χ3v) is 4.53. The maximum atomic E-state index is 10.3. The summed E-state index contributed by atoms with van der Waals surface area (Å²) in [5.74, 6) is 0.395. The first-order chi connectivity index (χ1) is 10.1. The smallest absolute Gasteiger partial charge is 0.122 e. The van der Waals surface area contributed by atoms with Crippen molar-refractivity contribution in [2.75, 3.05) is 37.6 Å². The molecule has 1 heterocycles. The van der Waals surface area contributed by atoms with Crippen LogP contribution >= 0.6 is 0 Å². The summed E-state index contributed by atoms with van der Waals surface area (Å²) < 4.78 is 0. The molecule has 21 heavy (non-hydrogen) atoms. The Morgan fingerprint density at radius 2 is 2.10 bits per heavy atom. The molecule has 2 atom stereocenters. The second-order valence-electron chi connectivity index (χ2n) is 5.95. The molecule has 4 nitrogen and oxygen atoms in total. The number of piperazine rings is 1. The molecule has 0 radical (unpaired) electrons. The molecule has 0 aliphatic carbocycles. The zero-order chi connectivity index (χ0) is 15.4. The maximum Gasteiger partial charge on any atom is 0.122 e. The van der Waals surface area contributed by atoms with Crippen LogP contribution in [-0.4, -0.2) is 48.8 Å². The summed E-state index contributed by atoms with van der Waals surface area (Å²) in [5.41, 5.74) is 2.10. The number of phenolic OH excluding ortho intramolecular Hbond substituents is 1. The van der Waals surface area contributed by atoms with Gasteiger partial charge in [0.2, 0.25) is 0 Å². The maximum absolute atomic E-state index is 10.3. The Morgan fingerprint density at radius 1 is 1.33 bits per heavy atom. The molecule has 1 fully saturated rings. The molecule has 2 unspecified atom stereocenters. The molecular weight excluding hydrogens is 262 g/mol. The number of rotatable bonds is 5. The van der Waals surface area contributed by atoms with Gasteiger partial charge in [-0.05, 0) is 33.0 Å². The molecule has 1 aliphatic heterocycles. The van der Waals surface area contributed by atoms with Crippen molar-refractivity contribution in [1.82, 2.24) is 10.2 Å². The van der Waals surface area contributed by atoms with E-state index in [9.17, 15) is 5.11 Å². The van der Waals surface area contributed by atoms with Gasteiger partial charge in [0.25, 0.3) is 0 Å². The fraction of sp³-hybridized carbons (Fsp3) is 0.647. The van der Waals surface area contributed by atoms with Gasteiger partial charge in [-0.2, -0.15) is 0 Å².